The fourth-order valence-electron chi connectivity index (χ4n) is 2.46. The smallest absolute Gasteiger partial charge is 0.231 e. The molecule has 2 aromatic rings. The van der Waals surface area contributed by atoms with Gasteiger partial charge in [-0.1, -0.05) is 36.4 Å². The van der Waals surface area contributed by atoms with Gasteiger partial charge in [0, 0.05) is 18.8 Å². The minimum absolute atomic E-state index is 0.220. The maximum absolute atomic E-state index is 11.7. The third-order valence-corrected chi connectivity index (χ3v) is 5.48. The Hall–Kier alpha value is -2.12. The van der Waals surface area contributed by atoms with Crippen molar-refractivity contribution in [3.8, 4) is 0 Å². The van der Waals surface area contributed by atoms with Crippen molar-refractivity contribution in [2.24, 2.45) is 0 Å². The fourth-order valence-corrected chi connectivity index (χ4v) is 3.28. The van der Waals surface area contributed by atoms with Crippen molar-refractivity contribution in [2.45, 2.75) is 25.8 Å². The van der Waals surface area contributed by atoms with Gasteiger partial charge in [0.2, 0.25) is 10.0 Å². The van der Waals surface area contributed by atoms with Crippen molar-refractivity contribution < 1.29 is 8.42 Å². The maximum Gasteiger partial charge on any atom is 0.231 e. The molecule has 0 radical (unpaired) electrons. The summed E-state index contributed by atoms with van der Waals surface area (Å²) in [6.07, 6.45) is 3.11. The Balaban J connectivity index is 1.89. The van der Waals surface area contributed by atoms with Gasteiger partial charge < -0.3 is 10.6 Å². The van der Waals surface area contributed by atoms with Crippen LogP contribution in [0.1, 0.15) is 18.9 Å². The predicted molar refractivity (Wildman–Crippen MR) is 113 cm³/mol. The zero-order chi connectivity index (χ0) is 19.2. The lowest BCUT2D eigenvalue weighted by molar-refractivity contribution is 0.600. The first kappa shape index (κ1) is 20.2. The third-order valence-electron chi connectivity index (χ3n) is 4.05. The van der Waals surface area contributed by atoms with Crippen LogP contribution in [0.5, 0.6) is 0 Å². The summed E-state index contributed by atoms with van der Waals surface area (Å²) in [4.78, 5) is 0. The molecule has 0 saturated heterocycles. The molecule has 2 rings (SSSR count). The Labute approximate surface area is 161 Å². The lowest BCUT2D eigenvalue weighted by Crippen LogP contribution is -2.36. The zero-order valence-corrected chi connectivity index (χ0v) is 16.9. The van der Waals surface area contributed by atoms with E-state index in [2.05, 4.69) is 29.7 Å². The molecular formula is C19H25N3O2S2. The van der Waals surface area contributed by atoms with Crippen LogP contribution in [0.25, 0.3) is 0 Å². The zero-order valence-electron chi connectivity index (χ0n) is 15.3. The third kappa shape index (κ3) is 6.31. The lowest BCUT2D eigenvalue weighted by atomic mass is 10.1. The van der Waals surface area contributed by atoms with Gasteiger partial charge in [-0.25, -0.2) is 8.42 Å². The minimum Gasteiger partial charge on any atom is -0.360 e. The molecular weight excluding hydrogens is 366 g/mol. The van der Waals surface area contributed by atoms with Gasteiger partial charge in [-0.05, 0) is 55.7 Å². The Kier molecular flexibility index (Phi) is 6.99. The second kappa shape index (κ2) is 9.00. The molecule has 0 amide bonds. The molecule has 2 N–H and O–H groups in total. The van der Waals surface area contributed by atoms with Crippen molar-refractivity contribution in [3.63, 3.8) is 0 Å². The van der Waals surface area contributed by atoms with Crippen molar-refractivity contribution >= 4 is 38.7 Å². The summed E-state index contributed by atoms with van der Waals surface area (Å²) in [5.74, 6) is 0. The molecule has 0 fully saturated rings. The van der Waals surface area contributed by atoms with Gasteiger partial charge in [-0.2, -0.15) is 0 Å². The van der Waals surface area contributed by atoms with Crippen molar-refractivity contribution in [2.75, 3.05) is 22.9 Å². The molecule has 140 valence electrons. The molecule has 0 spiro atoms. The van der Waals surface area contributed by atoms with Crippen LogP contribution in [-0.4, -0.2) is 32.9 Å². The summed E-state index contributed by atoms with van der Waals surface area (Å²) in [7, 11) is -1.77. The quantitative estimate of drug-likeness (QED) is 0.709. The monoisotopic (exact) mass is 391 g/mol. The van der Waals surface area contributed by atoms with Crippen LogP contribution in [0, 0.1) is 0 Å². The molecule has 0 aliphatic heterocycles. The highest BCUT2D eigenvalue weighted by Gasteiger charge is 2.12. The molecule has 2 aromatic carbocycles. The molecule has 5 nitrogen and oxygen atoms in total. The van der Waals surface area contributed by atoms with Gasteiger partial charge in [0.05, 0.1) is 11.9 Å². The van der Waals surface area contributed by atoms with Gasteiger partial charge in [0.15, 0.2) is 5.11 Å². The van der Waals surface area contributed by atoms with Gasteiger partial charge in [-0.3, -0.25) is 4.31 Å². The molecule has 0 aliphatic rings. The number of rotatable bonds is 7. The minimum atomic E-state index is -3.30. The summed E-state index contributed by atoms with van der Waals surface area (Å²) >= 11 is 5.37. The number of nitrogens with one attached hydrogen (secondary N) is 2. The predicted octanol–water partition coefficient (Wildman–Crippen LogP) is 3.39. The molecule has 0 aliphatic carbocycles. The number of aryl methyl sites for hydroxylation is 1. The Morgan fingerprint density at radius 3 is 2.50 bits per heavy atom. The SMILES string of the molecule is C[C@H](CCc1ccccc1)NC(=S)Nc1cccc(N(C)S(C)(=O)=O)c1. The van der Waals surface area contributed by atoms with E-state index in [1.807, 2.05) is 24.3 Å². The average Bonchev–Trinajstić information content (AvgIpc) is 2.59. The van der Waals surface area contributed by atoms with Crippen LogP contribution in [0.2, 0.25) is 0 Å². The van der Waals surface area contributed by atoms with E-state index in [1.54, 1.807) is 18.2 Å². The van der Waals surface area contributed by atoms with Gasteiger partial charge in [0.1, 0.15) is 0 Å². The van der Waals surface area contributed by atoms with Crippen molar-refractivity contribution in [1.82, 2.24) is 5.32 Å². The maximum atomic E-state index is 11.7. The lowest BCUT2D eigenvalue weighted by Gasteiger charge is -2.19. The first-order chi connectivity index (χ1) is 12.3. The van der Waals surface area contributed by atoms with Crippen molar-refractivity contribution in [1.29, 1.82) is 0 Å². The molecule has 0 aromatic heterocycles. The Bertz CT molecular complexity index is 839. The van der Waals surface area contributed by atoms with E-state index >= 15 is 0 Å². The second-order valence-electron chi connectivity index (χ2n) is 6.30. The number of hydrogen-bond acceptors (Lipinski definition) is 3. The molecule has 7 heteroatoms. The van der Waals surface area contributed by atoms with Crippen LogP contribution in [0.15, 0.2) is 54.6 Å². The van der Waals surface area contributed by atoms with E-state index in [0.717, 1.165) is 18.5 Å². The number of anilines is 2. The van der Waals surface area contributed by atoms with Crippen LogP contribution < -0.4 is 14.9 Å². The topological polar surface area (TPSA) is 61.4 Å². The molecule has 26 heavy (non-hydrogen) atoms. The number of nitrogens with zero attached hydrogens (tertiary/aromatic N) is 1. The summed E-state index contributed by atoms with van der Waals surface area (Å²) in [5.41, 5.74) is 2.62. The average molecular weight is 392 g/mol. The molecule has 0 heterocycles. The molecule has 1 atom stereocenters. The highest BCUT2D eigenvalue weighted by Crippen LogP contribution is 2.20. The molecule has 0 unspecified atom stereocenters. The first-order valence-corrected chi connectivity index (χ1v) is 10.7. The van der Waals surface area contributed by atoms with E-state index in [4.69, 9.17) is 12.2 Å². The van der Waals surface area contributed by atoms with Crippen LogP contribution in [-0.2, 0) is 16.4 Å². The van der Waals surface area contributed by atoms with Gasteiger partial charge in [-0.15, -0.1) is 0 Å². The molecule has 0 saturated carbocycles. The Morgan fingerprint density at radius 1 is 1.15 bits per heavy atom. The summed E-state index contributed by atoms with van der Waals surface area (Å²) in [6.45, 7) is 2.09. The fraction of sp³-hybridized carbons (Fsp3) is 0.316. The first-order valence-electron chi connectivity index (χ1n) is 8.41. The number of hydrogen-bond donors (Lipinski definition) is 2. The standard InChI is InChI=1S/C19H25N3O2S2/c1-15(12-13-16-8-5-4-6-9-16)20-19(25)21-17-10-7-11-18(14-17)22(2)26(3,23)24/h4-11,14-15H,12-13H2,1-3H3,(H2,20,21,25)/t15-/m1/s1. The highest BCUT2D eigenvalue weighted by molar-refractivity contribution is 7.92. The van der Waals surface area contributed by atoms with Crippen LogP contribution >= 0.6 is 12.2 Å². The normalized spacial score (nSPS) is 12.3. The molecule has 0 bridgehead atoms. The number of benzene rings is 2. The summed E-state index contributed by atoms with van der Waals surface area (Å²) in [6, 6.07) is 17.7. The van der Waals surface area contributed by atoms with E-state index in [9.17, 15) is 8.42 Å². The van der Waals surface area contributed by atoms with E-state index in [0.29, 0.717) is 10.8 Å². The van der Waals surface area contributed by atoms with E-state index < -0.39 is 10.0 Å². The summed E-state index contributed by atoms with van der Waals surface area (Å²) in [5, 5.41) is 6.90. The van der Waals surface area contributed by atoms with E-state index in [1.165, 1.54) is 23.2 Å². The highest BCUT2D eigenvalue weighted by atomic mass is 32.2. The largest absolute Gasteiger partial charge is 0.360 e. The second-order valence-corrected chi connectivity index (χ2v) is 8.73. The van der Waals surface area contributed by atoms with Crippen LogP contribution in [0.4, 0.5) is 11.4 Å². The van der Waals surface area contributed by atoms with Gasteiger partial charge in [0.25, 0.3) is 0 Å². The van der Waals surface area contributed by atoms with Crippen molar-refractivity contribution in [3.05, 3.63) is 60.2 Å². The summed E-state index contributed by atoms with van der Waals surface area (Å²) < 4.78 is 24.6. The van der Waals surface area contributed by atoms with Crippen LogP contribution in [0.3, 0.4) is 0 Å². The van der Waals surface area contributed by atoms with Gasteiger partial charge >= 0.3 is 0 Å². The van der Waals surface area contributed by atoms with E-state index in [-0.39, 0.29) is 6.04 Å². The Morgan fingerprint density at radius 2 is 1.85 bits per heavy atom. The number of thiocarbonyl (C=S) groups is 1. The number of sulfonamides is 1.